The van der Waals surface area contributed by atoms with Crippen LogP contribution in [-0.2, 0) is 25.7 Å². The van der Waals surface area contributed by atoms with Crippen LogP contribution in [0.15, 0.2) is 24.4 Å². The Morgan fingerprint density at radius 2 is 1.46 bits per heavy atom. The summed E-state index contributed by atoms with van der Waals surface area (Å²) in [7, 11) is 0. The van der Waals surface area contributed by atoms with E-state index in [1.165, 1.54) is 6.92 Å². The molecule has 0 fully saturated rings. The van der Waals surface area contributed by atoms with Gasteiger partial charge in [0, 0.05) is 19.0 Å². The average molecular weight is 576 g/mol. The molecule has 10 heteroatoms. The highest BCUT2D eigenvalue weighted by molar-refractivity contribution is 5.92. The highest BCUT2D eigenvalue weighted by Gasteiger charge is 2.35. The first-order valence-corrected chi connectivity index (χ1v) is 14.9. The van der Waals surface area contributed by atoms with Crippen LogP contribution < -0.4 is 21.3 Å². The maximum Gasteiger partial charge on any atom is 0.243 e. The van der Waals surface area contributed by atoms with Gasteiger partial charge in [0.1, 0.15) is 12.1 Å². The van der Waals surface area contributed by atoms with Gasteiger partial charge in [-0.3, -0.25) is 24.2 Å². The summed E-state index contributed by atoms with van der Waals surface area (Å²) >= 11 is 0. The smallest absolute Gasteiger partial charge is 0.243 e. The number of hydrogen-bond donors (Lipinski definition) is 5. The zero-order chi connectivity index (χ0) is 31.3. The summed E-state index contributed by atoms with van der Waals surface area (Å²) < 4.78 is 0. The number of amides is 4. The number of aliphatic hydroxyl groups excluding tert-OH is 1. The third-order valence-corrected chi connectivity index (χ3v) is 7.43. The van der Waals surface area contributed by atoms with Gasteiger partial charge in [0.2, 0.25) is 23.6 Å². The van der Waals surface area contributed by atoms with Crippen LogP contribution in [0.25, 0.3) is 0 Å². The van der Waals surface area contributed by atoms with Gasteiger partial charge in [-0.05, 0) is 48.6 Å². The molecule has 1 aromatic heterocycles. The van der Waals surface area contributed by atoms with Crippen molar-refractivity contribution in [3.8, 4) is 0 Å². The van der Waals surface area contributed by atoms with Crippen molar-refractivity contribution in [2.45, 2.75) is 112 Å². The number of aromatic nitrogens is 1. The highest BCUT2D eigenvalue weighted by atomic mass is 16.3. The molecule has 232 valence electrons. The summed E-state index contributed by atoms with van der Waals surface area (Å²) in [6.45, 7) is 16.9. The molecule has 0 aliphatic heterocycles. The van der Waals surface area contributed by atoms with Crippen molar-refractivity contribution in [2.24, 2.45) is 29.6 Å². The number of pyridine rings is 1. The number of rotatable bonds is 17. The Kier molecular flexibility index (Phi) is 15.6. The molecule has 0 radical (unpaired) electrons. The Hall–Kier alpha value is -3.01. The van der Waals surface area contributed by atoms with Crippen LogP contribution in [-0.4, -0.2) is 57.9 Å². The lowest BCUT2D eigenvalue weighted by molar-refractivity contribution is -0.136. The molecule has 0 aromatic carbocycles. The van der Waals surface area contributed by atoms with E-state index in [0.717, 1.165) is 0 Å². The molecule has 4 amide bonds. The van der Waals surface area contributed by atoms with E-state index in [1.807, 2.05) is 67.5 Å². The van der Waals surface area contributed by atoms with Crippen molar-refractivity contribution in [3.63, 3.8) is 0 Å². The van der Waals surface area contributed by atoms with Crippen molar-refractivity contribution in [2.75, 3.05) is 0 Å². The second-order valence-electron chi connectivity index (χ2n) is 12.2. The molecule has 0 bridgehead atoms. The maximum atomic E-state index is 13.5. The van der Waals surface area contributed by atoms with Crippen LogP contribution in [0.2, 0.25) is 0 Å². The zero-order valence-electron chi connectivity index (χ0n) is 26.4. The fraction of sp³-hybridized carbons (Fsp3) is 0.710. The number of carbonyl (C=O) groups excluding carboxylic acids is 4. The highest BCUT2D eigenvalue weighted by Crippen LogP contribution is 2.22. The minimum absolute atomic E-state index is 0.122. The number of aliphatic hydroxyl groups is 1. The molecule has 10 nitrogen and oxygen atoms in total. The lowest BCUT2D eigenvalue weighted by Gasteiger charge is -2.32. The lowest BCUT2D eigenvalue weighted by atomic mass is 9.85. The monoisotopic (exact) mass is 575 g/mol. The molecule has 1 heterocycles. The van der Waals surface area contributed by atoms with Crippen LogP contribution >= 0.6 is 0 Å². The summed E-state index contributed by atoms with van der Waals surface area (Å²) in [6.07, 6.45) is 2.10. The minimum Gasteiger partial charge on any atom is -0.391 e. The van der Waals surface area contributed by atoms with Gasteiger partial charge in [0.05, 0.1) is 24.4 Å². The second kappa shape index (κ2) is 17.7. The standard InChI is InChI=1S/C31H53N5O5/c1-10-21(8)28(30(40)33-17-23-13-11-12-14-32-23)36-31(41)27(20(6)7)35-29(39)24(19(4)5)16-26(38)25(15-18(2)3)34-22(9)37/h11-14,18-21,24-28,38H,10,15-17H2,1-9H3,(H,33,40)(H,34,37)(H,35,39)(H,36,41)/t21?,24-,25-,26-,27-,28-/m0/s1. The van der Waals surface area contributed by atoms with Gasteiger partial charge >= 0.3 is 0 Å². The largest absolute Gasteiger partial charge is 0.391 e. The number of nitrogens with zero attached hydrogens (tertiary/aromatic N) is 1. The van der Waals surface area contributed by atoms with Gasteiger partial charge < -0.3 is 26.4 Å². The molecule has 0 saturated heterocycles. The van der Waals surface area contributed by atoms with E-state index in [9.17, 15) is 24.3 Å². The topological polar surface area (TPSA) is 150 Å². The van der Waals surface area contributed by atoms with Crippen molar-refractivity contribution in [1.29, 1.82) is 0 Å². The molecule has 1 aromatic rings. The van der Waals surface area contributed by atoms with E-state index < -0.39 is 36.1 Å². The van der Waals surface area contributed by atoms with E-state index in [1.54, 1.807) is 12.3 Å². The first-order valence-electron chi connectivity index (χ1n) is 14.9. The van der Waals surface area contributed by atoms with Crippen molar-refractivity contribution >= 4 is 23.6 Å². The normalized spacial score (nSPS) is 15.9. The van der Waals surface area contributed by atoms with Crippen LogP contribution in [0, 0.1) is 29.6 Å². The Bertz CT molecular complexity index is 969. The Morgan fingerprint density at radius 3 is 1.95 bits per heavy atom. The third kappa shape index (κ3) is 12.6. The second-order valence-corrected chi connectivity index (χ2v) is 12.2. The van der Waals surface area contributed by atoms with Crippen LogP contribution in [0.3, 0.4) is 0 Å². The quantitative estimate of drug-likeness (QED) is 0.193. The van der Waals surface area contributed by atoms with Gasteiger partial charge in [0.15, 0.2) is 0 Å². The molecule has 1 rings (SSSR count). The lowest BCUT2D eigenvalue weighted by Crippen LogP contribution is -2.58. The fourth-order valence-corrected chi connectivity index (χ4v) is 4.72. The number of nitrogens with one attached hydrogen (secondary N) is 4. The van der Waals surface area contributed by atoms with Crippen molar-refractivity contribution in [3.05, 3.63) is 30.1 Å². The summed E-state index contributed by atoms with van der Waals surface area (Å²) in [6, 6.07) is 3.30. The predicted molar refractivity (Wildman–Crippen MR) is 160 cm³/mol. The SMILES string of the molecule is CCC(C)[C@H](NC(=O)[C@@H](NC(=O)[C@@H](C[C@H](O)[C@H](CC(C)C)NC(C)=O)C(C)C)C(C)C)C(=O)NCc1ccccn1. The van der Waals surface area contributed by atoms with Crippen LogP contribution in [0.1, 0.15) is 87.3 Å². The molecular formula is C31H53N5O5. The molecule has 6 atom stereocenters. The molecule has 41 heavy (non-hydrogen) atoms. The van der Waals surface area contributed by atoms with Crippen molar-refractivity contribution in [1.82, 2.24) is 26.3 Å². The van der Waals surface area contributed by atoms with Gasteiger partial charge in [-0.25, -0.2) is 0 Å². The van der Waals surface area contributed by atoms with Crippen LogP contribution in [0.5, 0.6) is 0 Å². The van der Waals surface area contributed by atoms with Gasteiger partial charge in [-0.1, -0.05) is 67.9 Å². The minimum atomic E-state index is -0.927. The van der Waals surface area contributed by atoms with E-state index in [-0.39, 0.29) is 54.4 Å². The number of hydrogen-bond acceptors (Lipinski definition) is 6. The summed E-state index contributed by atoms with van der Waals surface area (Å²) in [5, 5.41) is 22.4. The van der Waals surface area contributed by atoms with Gasteiger partial charge in [-0.15, -0.1) is 0 Å². The Balaban J connectivity index is 3.02. The van der Waals surface area contributed by atoms with E-state index in [0.29, 0.717) is 18.5 Å². The molecule has 0 aliphatic carbocycles. The molecule has 0 aliphatic rings. The predicted octanol–water partition coefficient (Wildman–Crippen LogP) is 2.94. The molecule has 0 spiro atoms. The van der Waals surface area contributed by atoms with Crippen molar-refractivity contribution < 1.29 is 24.3 Å². The molecule has 1 unspecified atom stereocenters. The Morgan fingerprint density at radius 1 is 0.829 bits per heavy atom. The summed E-state index contributed by atoms with van der Waals surface area (Å²) in [4.78, 5) is 56.0. The van der Waals surface area contributed by atoms with Crippen LogP contribution in [0.4, 0.5) is 0 Å². The molecule has 0 saturated carbocycles. The maximum absolute atomic E-state index is 13.5. The molecular weight excluding hydrogens is 522 g/mol. The first-order chi connectivity index (χ1) is 19.2. The fourth-order valence-electron chi connectivity index (χ4n) is 4.72. The van der Waals surface area contributed by atoms with E-state index >= 15 is 0 Å². The van der Waals surface area contributed by atoms with Gasteiger partial charge in [0.25, 0.3) is 0 Å². The van der Waals surface area contributed by atoms with Gasteiger partial charge in [-0.2, -0.15) is 0 Å². The zero-order valence-corrected chi connectivity index (χ0v) is 26.4. The first kappa shape index (κ1) is 36.0. The molecule has 5 N–H and O–H groups in total. The summed E-state index contributed by atoms with van der Waals surface area (Å²) in [5.41, 5.74) is 0.707. The third-order valence-electron chi connectivity index (χ3n) is 7.43. The Labute approximate surface area is 246 Å². The van der Waals surface area contributed by atoms with E-state index in [2.05, 4.69) is 26.3 Å². The van der Waals surface area contributed by atoms with E-state index in [4.69, 9.17) is 0 Å². The average Bonchev–Trinajstić information content (AvgIpc) is 2.90. The number of carbonyl (C=O) groups is 4. The summed E-state index contributed by atoms with van der Waals surface area (Å²) in [5.74, 6) is -2.21.